The summed E-state index contributed by atoms with van der Waals surface area (Å²) in [4.78, 5) is 0. The number of halogens is 1. The molecule has 0 saturated heterocycles. The highest BCUT2D eigenvalue weighted by molar-refractivity contribution is 8.23. The van der Waals surface area contributed by atoms with Crippen molar-refractivity contribution in [3.8, 4) is 5.75 Å². The van der Waals surface area contributed by atoms with Crippen LogP contribution in [0.4, 0.5) is 0 Å². The fourth-order valence-corrected chi connectivity index (χ4v) is 2.77. The summed E-state index contributed by atoms with van der Waals surface area (Å²) in [5.74, 6) is 1.24. The molecule has 6 heteroatoms. The van der Waals surface area contributed by atoms with Gasteiger partial charge in [0.05, 0.1) is 6.10 Å². The second-order valence-electron chi connectivity index (χ2n) is 4.86. The first-order chi connectivity index (χ1) is 11.1. The van der Waals surface area contributed by atoms with E-state index in [-0.39, 0.29) is 6.61 Å². The molecule has 0 amide bonds. The lowest BCUT2D eigenvalue weighted by Gasteiger charge is -2.13. The van der Waals surface area contributed by atoms with Crippen molar-refractivity contribution in [1.29, 1.82) is 0 Å². The van der Waals surface area contributed by atoms with Crippen molar-refractivity contribution < 1.29 is 9.84 Å². The van der Waals surface area contributed by atoms with Gasteiger partial charge in [-0.2, -0.15) is 0 Å². The van der Waals surface area contributed by atoms with Gasteiger partial charge in [0.15, 0.2) is 0 Å². The predicted octanol–water partition coefficient (Wildman–Crippen LogP) is 3.89. The maximum absolute atomic E-state index is 9.93. The van der Waals surface area contributed by atoms with E-state index in [1.807, 2.05) is 54.6 Å². The standard InChI is InChI=1S/C17H18ClNO2S2/c18-14-8-6-13(7-9-14)10-19-17(22)23-12-15(20)11-21-16-4-2-1-3-5-16/h1-9,15,20H,10-12H2,(H,19,22). The van der Waals surface area contributed by atoms with Crippen LogP contribution >= 0.6 is 35.6 Å². The number of hydrogen-bond donors (Lipinski definition) is 2. The lowest BCUT2D eigenvalue weighted by molar-refractivity contribution is 0.126. The molecule has 2 rings (SSSR count). The summed E-state index contributed by atoms with van der Waals surface area (Å²) in [6, 6.07) is 17.0. The zero-order valence-electron chi connectivity index (χ0n) is 12.4. The van der Waals surface area contributed by atoms with Gasteiger partial charge in [0.2, 0.25) is 0 Å². The van der Waals surface area contributed by atoms with Gasteiger partial charge in [0.1, 0.15) is 16.7 Å². The van der Waals surface area contributed by atoms with Crippen LogP contribution < -0.4 is 10.1 Å². The van der Waals surface area contributed by atoms with Crippen molar-refractivity contribution >= 4 is 39.9 Å². The average molecular weight is 368 g/mol. The molecule has 2 aromatic carbocycles. The molecule has 0 aliphatic rings. The minimum absolute atomic E-state index is 0.247. The predicted molar refractivity (Wildman–Crippen MR) is 101 cm³/mol. The Labute approximate surface area is 151 Å². The van der Waals surface area contributed by atoms with Gasteiger partial charge in [-0.05, 0) is 29.8 Å². The number of rotatable bonds is 7. The molecule has 1 unspecified atom stereocenters. The van der Waals surface area contributed by atoms with E-state index in [4.69, 9.17) is 28.6 Å². The zero-order valence-corrected chi connectivity index (χ0v) is 14.8. The van der Waals surface area contributed by atoms with Crippen molar-refractivity contribution in [1.82, 2.24) is 5.32 Å². The van der Waals surface area contributed by atoms with Crippen LogP contribution in [0.2, 0.25) is 5.02 Å². The summed E-state index contributed by atoms with van der Waals surface area (Å²) in [6.45, 7) is 0.885. The van der Waals surface area contributed by atoms with E-state index in [0.29, 0.717) is 21.6 Å². The Balaban J connectivity index is 1.62. The Kier molecular flexibility index (Phi) is 7.68. The molecule has 0 aliphatic heterocycles. The first kappa shape index (κ1) is 18.1. The molecular formula is C17H18ClNO2S2. The second-order valence-corrected chi connectivity index (χ2v) is 6.99. The molecular weight excluding hydrogens is 350 g/mol. The highest BCUT2D eigenvalue weighted by atomic mass is 35.5. The largest absolute Gasteiger partial charge is 0.491 e. The number of aliphatic hydroxyl groups is 1. The molecule has 2 aromatic rings. The number of thioether (sulfide) groups is 1. The van der Waals surface area contributed by atoms with Crippen LogP contribution in [-0.2, 0) is 6.54 Å². The molecule has 0 fully saturated rings. The lowest BCUT2D eigenvalue weighted by Crippen LogP contribution is -2.24. The molecule has 3 nitrogen and oxygen atoms in total. The lowest BCUT2D eigenvalue weighted by atomic mass is 10.2. The van der Waals surface area contributed by atoms with E-state index < -0.39 is 6.10 Å². The smallest absolute Gasteiger partial charge is 0.134 e. The summed E-state index contributed by atoms with van der Waals surface area (Å²) < 4.78 is 6.15. The van der Waals surface area contributed by atoms with Crippen molar-refractivity contribution in [3.63, 3.8) is 0 Å². The summed E-state index contributed by atoms with van der Waals surface area (Å²) in [6.07, 6.45) is -0.574. The van der Waals surface area contributed by atoms with E-state index in [0.717, 1.165) is 11.3 Å². The fourth-order valence-electron chi connectivity index (χ4n) is 1.76. The second kappa shape index (κ2) is 9.78. The number of thiocarbonyl (C=S) groups is 1. The minimum atomic E-state index is -0.574. The number of benzene rings is 2. The van der Waals surface area contributed by atoms with Gasteiger partial charge in [-0.1, -0.05) is 65.9 Å². The van der Waals surface area contributed by atoms with Gasteiger partial charge >= 0.3 is 0 Å². The van der Waals surface area contributed by atoms with Gasteiger partial charge in [-0.15, -0.1) is 0 Å². The first-order valence-corrected chi connectivity index (χ1v) is 8.91. The third-order valence-corrected chi connectivity index (χ3v) is 4.65. The number of ether oxygens (including phenoxy) is 1. The quantitative estimate of drug-likeness (QED) is 0.727. The molecule has 122 valence electrons. The summed E-state index contributed by atoms with van der Waals surface area (Å²) in [7, 11) is 0. The van der Waals surface area contributed by atoms with Crippen molar-refractivity contribution in [3.05, 3.63) is 65.2 Å². The normalized spacial score (nSPS) is 11.7. The van der Waals surface area contributed by atoms with Crippen LogP contribution in [-0.4, -0.2) is 27.9 Å². The molecule has 1 atom stereocenters. The molecule has 0 radical (unpaired) electrons. The summed E-state index contributed by atoms with van der Waals surface area (Å²) in [5, 5.41) is 13.8. The minimum Gasteiger partial charge on any atom is -0.491 e. The van der Waals surface area contributed by atoms with Crippen LogP contribution in [0.1, 0.15) is 5.56 Å². The van der Waals surface area contributed by atoms with Gasteiger partial charge in [-0.3, -0.25) is 0 Å². The van der Waals surface area contributed by atoms with Gasteiger partial charge < -0.3 is 15.2 Å². The van der Waals surface area contributed by atoms with E-state index >= 15 is 0 Å². The van der Waals surface area contributed by atoms with Gasteiger partial charge in [0, 0.05) is 17.3 Å². The molecule has 0 saturated carbocycles. The Bertz CT molecular complexity index is 608. The van der Waals surface area contributed by atoms with Crippen LogP contribution in [0.5, 0.6) is 5.75 Å². The number of para-hydroxylation sites is 1. The summed E-state index contributed by atoms with van der Waals surface area (Å²) in [5.41, 5.74) is 1.10. The van der Waals surface area contributed by atoms with E-state index in [9.17, 15) is 5.11 Å². The van der Waals surface area contributed by atoms with E-state index in [1.54, 1.807) is 0 Å². The molecule has 0 bridgehead atoms. The van der Waals surface area contributed by atoms with E-state index in [2.05, 4.69) is 5.32 Å². The highest BCUT2D eigenvalue weighted by Crippen LogP contribution is 2.12. The van der Waals surface area contributed by atoms with Crippen LogP contribution in [0.15, 0.2) is 54.6 Å². The van der Waals surface area contributed by atoms with Gasteiger partial charge in [-0.25, -0.2) is 0 Å². The average Bonchev–Trinajstić information content (AvgIpc) is 2.58. The Morgan fingerprint density at radius 1 is 1.17 bits per heavy atom. The van der Waals surface area contributed by atoms with Crippen molar-refractivity contribution in [2.45, 2.75) is 12.6 Å². The topological polar surface area (TPSA) is 41.5 Å². The molecule has 0 aromatic heterocycles. The Morgan fingerprint density at radius 2 is 1.87 bits per heavy atom. The molecule has 2 N–H and O–H groups in total. The molecule has 0 aliphatic carbocycles. The first-order valence-electron chi connectivity index (χ1n) is 7.14. The number of nitrogens with one attached hydrogen (secondary N) is 1. The van der Waals surface area contributed by atoms with Crippen LogP contribution in [0.3, 0.4) is 0 Å². The third-order valence-electron chi connectivity index (χ3n) is 2.94. The third kappa shape index (κ3) is 7.22. The molecule has 23 heavy (non-hydrogen) atoms. The number of aliphatic hydroxyl groups excluding tert-OH is 1. The van der Waals surface area contributed by atoms with Crippen molar-refractivity contribution in [2.24, 2.45) is 0 Å². The maximum Gasteiger partial charge on any atom is 0.134 e. The van der Waals surface area contributed by atoms with Gasteiger partial charge in [0.25, 0.3) is 0 Å². The molecule has 0 heterocycles. The highest BCUT2D eigenvalue weighted by Gasteiger charge is 2.08. The zero-order chi connectivity index (χ0) is 16.5. The summed E-state index contributed by atoms with van der Waals surface area (Å²) >= 11 is 12.5. The fraction of sp³-hybridized carbons (Fsp3) is 0.235. The maximum atomic E-state index is 9.93. The molecule has 0 spiro atoms. The SMILES string of the molecule is OC(COc1ccccc1)CSC(=S)NCc1ccc(Cl)cc1. The van der Waals surface area contributed by atoms with E-state index in [1.165, 1.54) is 11.8 Å². The van der Waals surface area contributed by atoms with Crippen molar-refractivity contribution in [2.75, 3.05) is 12.4 Å². The van der Waals surface area contributed by atoms with Crippen LogP contribution in [0.25, 0.3) is 0 Å². The number of hydrogen-bond acceptors (Lipinski definition) is 4. The van der Waals surface area contributed by atoms with Crippen LogP contribution in [0, 0.1) is 0 Å². The monoisotopic (exact) mass is 367 g/mol. The Hall–Kier alpha value is -1.27. The Morgan fingerprint density at radius 3 is 2.57 bits per heavy atom.